The molecule has 1 rings (SSSR count). The van der Waals surface area contributed by atoms with Gasteiger partial charge in [0, 0.05) is 0 Å². The van der Waals surface area contributed by atoms with E-state index in [2.05, 4.69) is 6.92 Å². The van der Waals surface area contributed by atoms with Crippen molar-refractivity contribution in [2.75, 3.05) is 0 Å². The molecule has 0 spiro atoms. The van der Waals surface area contributed by atoms with Crippen LogP contribution in [0.2, 0.25) is 0 Å². The zero-order valence-electron chi connectivity index (χ0n) is 7.43. The van der Waals surface area contributed by atoms with Crippen LogP contribution in [0, 0.1) is 5.92 Å². The molecular formula is C9H20O. The van der Waals surface area contributed by atoms with Gasteiger partial charge in [0.1, 0.15) is 0 Å². The lowest BCUT2D eigenvalue weighted by molar-refractivity contribution is 0.0793. The quantitative estimate of drug-likeness (QED) is 0.554. The lowest BCUT2D eigenvalue weighted by Crippen LogP contribution is -2.21. The third kappa shape index (κ3) is 3.21. The minimum atomic E-state index is 0.00347. The van der Waals surface area contributed by atoms with Gasteiger partial charge in [0.15, 0.2) is 0 Å². The first-order valence-corrected chi connectivity index (χ1v) is 4.49. The molecule has 1 aliphatic carbocycles. The summed E-state index contributed by atoms with van der Waals surface area (Å²) in [4.78, 5) is 0. The Kier molecular flexibility index (Phi) is 5.70. The molecule has 1 heteroatoms. The smallest absolute Gasteiger partial charge is 0.0565 e. The zero-order chi connectivity index (χ0) is 7.98. The molecule has 0 aromatic rings. The maximum absolute atomic E-state index is 9.18. The zero-order valence-corrected chi connectivity index (χ0v) is 7.43. The highest BCUT2D eigenvalue weighted by Gasteiger charge is 2.17. The molecule has 1 aliphatic rings. The van der Waals surface area contributed by atoms with E-state index in [4.69, 9.17) is 0 Å². The van der Waals surface area contributed by atoms with Gasteiger partial charge in [-0.05, 0) is 18.8 Å². The van der Waals surface area contributed by atoms with E-state index in [0.29, 0.717) is 5.92 Å². The maximum Gasteiger partial charge on any atom is 0.0565 e. The van der Waals surface area contributed by atoms with E-state index in [1.165, 1.54) is 19.3 Å². The van der Waals surface area contributed by atoms with Crippen molar-refractivity contribution in [3.8, 4) is 0 Å². The number of aliphatic hydroxyl groups excluding tert-OH is 1. The van der Waals surface area contributed by atoms with Crippen molar-refractivity contribution in [1.29, 1.82) is 0 Å². The van der Waals surface area contributed by atoms with Crippen LogP contribution in [0.3, 0.4) is 0 Å². The highest BCUT2D eigenvalue weighted by atomic mass is 16.3. The van der Waals surface area contributed by atoms with E-state index >= 15 is 0 Å². The Morgan fingerprint density at radius 3 is 1.90 bits per heavy atom. The van der Waals surface area contributed by atoms with Crippen molar-refractivity contribution in [3.05, 3.63) is 0 Å². The monoisotopic (exact) mass is 144 g/mol. The predicted octanol–water partition coefficient (Wildman–Crippen LogP) is 2.58. The second-order valence-corrected chi connectivity index (χ2v) is 2.83. The van der Waals surface area contributed by atoms with Crippen molar-refractivity contribution in [1.82, 2.24) is 0 Å². The first-order valence-electron chi connectivity index (χ1n) is 4.49. The average molecular weight is 144 g/mol. The lowest BCUT2D eigenvalue weighted by atomic mass is 9.88. The number of hydrogen-bond acceptors (Lipinski definition) is 1. The molecule has 0 aromatic carbocycles. The molecule has 0 heterocycles. The summed E-state index contributed by atoms with van der Waals surface area (Å²) in [5.41, 5.74) is 0. The van der Waals surface area contributed by atoms with E-state index in [-0.39, 0.29) is 6.10 Å². The molecular weight excluding hydrogens is 124 g/mol. The van der Waals surface area contributed by atoms with Crippen LogP contribution in [-0.4, -0.2) is 11.2 Å². The fraction of sp³-hybridized carbons (Fsp3) is 1.00. The van der Waals surface area contributed by atoms with Crippen molar-refractivity contribution >= 4 is 0 Å². The summed E-state index contributed by atoms with van der Waals surface area (Å²) in [5, 5.41) is 9.18. The molecule has 0 aliphatic heterocycles. The van der Waals surface area contributed by atoms with Gasteiger partial charge in [-0.2, -0.15) is 0 Å². The van der Waals surface area contributed by atoms with E-state index in [9.17, 15) is 5.11 Å². The molecule has 0 radical (unpaired) electrons. The third-order valence-corrected chi connectivity index (χ3v) is 2.07. The van der Waals surface area contributed by atoms with Crippen LogP contribution < -0.4 is 0 Å². The van der Waals surface area contributed by atoms with Crippen LogP contribution in [0.4, 0.5) is 0 Å². The largest absolute Gasteiger partial charge is 0.393 e. The summed E-state index contributed by atoms with van der Waals surface area (Å²) in [7, 11) is 0. The Morgan fingerprint density at radius 2 is 1.60 bits per heavy atom. The van der Waals surface area contributed by atoms with Crippen LogP contribution in [0.1, 0.15) is 46.5 Å². The number of aliphatic hydroxyl groups is 1. The molecule has 0 aromatic heterocycles. The molecule has 1 nitrogen and oxygen atoms in total. The Hall–Kier alpha value is -0.0400. The van der Waals surface area contributed by atoms with Crippen LogP contribution in [0.25, 0.3) is 0 Å². The van der Waals surface area contributed by atoms with Gasteiger partial charge < -0.3 is 5.11 Å². The molecule has 1 fully saturated rings. The average Bonchev–Trinajstić information content (AvgIpc) is 2.00. The summed E-state index contributed by atoms with van der Waals surface area (Å²) < 4.78 is 0. The molecule has 0 bridgehead atoms. The first-order chi connectivity index (χ1) is 4.80. The Bertz CT molecular complexity index is 61.1. The maximum atomic E-state index is 9.18. The molecule has 0 saturated heterocycles. The molecule has 10 heavy (non-hydrogen) atoms. The van der Waals surface area contributed by atoms with Gasteiger partial charge in [0.05, 0.1) is 6.10 Å². The molecule has 62 valence electrons. The minimum absolute atomic E-state index is 0.00347. The van der Waals surface area contributed by atoms with Crippen molar-refractivity contribution in [3.63, 3.8) is 0 Å². The van der Waals surface area contributed by atoms with Gasteiger partial charge in [-0.3, -0.25) is 0 Å². The summed E-state index contributed by atoms with van der Waals surface area (Å²) in [6, 6.07) is 0. The van der Waals surface area contributed by atoms with Crippen molar-refractivity contribution in [2.24, 2.45) is 5.92 Å². The molecule has 1 saturated carbocycles. The fourth-order valence-corrected chi connectivity index (χ4v) is 1.30. The number of hydrogen-bond donors (Lipinski definition) is 1. The van der Waals surface area contributed by atoms with Crippen LogP contribution >= 0.6 is 0 Å². The summed E-state index contributed by atoms with van der Waals surface area (Å²) in [6.45, 7) is 6.13. The van der Waals surface area contributed by atoms with E-state index < -0.39 is 0 Å². The summed E-state index contributed by atoms with van der Waals surface area (Å²) >= 11 is 0. The Labute approximate surface area is 64.5 Å². The van der Waals surface area contributed by atoms with Crippen LogP contribution in [0.5, 0.6) is 0 Å². The summed E-state index contributed by atoms with van der Waals surface area (Å²) in [5.74, 6) is 0.559. The van der Waals surface area contributed by atoms with Gasteiger partial charge in [0.2, 0.25) is 0 Å². The van der Waals surface area contributed by atoms with Gasteiger partial charge in [-0.15, -0.1) is 0 Å². The van der Waals surface area contributed by atoms with Crippen molar-refractivity contribution in [2.45, 2.75) is 52.6 Å². The Balaban J connectivity index is 0.000000371. The fourth-order valence-electron chi connectivity index (χ4n) is 1.30. The molecule has 1 unspecified atom stereocenters. The molecule has 1 N–H and O–H groups in total. The number of rotatable bonds is 0. The SMILES string of the molecule is CC.CC1CCCC[C@H]1O. The van der Waals surface area contributed by atoms with Crippen LogP contribution in [-0.2, 0) is 0 Å². The lowest BCUT2D eigenvalue weighted by Gasteiger charge is -2.23. The normalized spacial score (nSPS) is 32.4. The van der Waals surface area contributed by atoms with Gasteiger partial charge in [-0.25, -0.2) is 0 Å². The predicted molar refractivity (Wildman–Crippen MR) is 45.0 cm³/mol. The second kappa shape index (κ2) is 5.72. The third-order valence-electron chi connectivity index (χ3n) is 2.07. The van der Waals surface area contributed by atoms with Crippen molar-refractivity contribution < 1.29 is 5.11 Å². The van der Waals surface area contributed by atoms with E-state index in [1.807, 2.05) is 13.8 Å². The van der Waals surface area contributed by atoms with Gasteiger partial charge in [0.25, 0.3) is 0 Å². The molecule has 2 atom stereocenters. The highest BCUT2D eigenvalue weighted by molar-refractivity contribution is 4.69. The topological polar surface area (TPSA) is 20.2 Å². The highest BCUT2D eigenvalue weighted by Crippen LogP contribution is 2.22. The first kappa shape index (κ1) is 9.96. The van der Waals surface area contributed by atoms with Gasteiger partial charge in [-0.1, -0.05) is 33.6 Å². The second-order valence-electron chi connectivity index (χ2n) is 2.83. The summed E-state index contributed by atoms with van der Waals surface area (Å²) in [6.07, 6.45) is 4.80. The Morgan fingerprint density at radius 1 is 1.10 bits per heavy atom. The van der Waals surface area contributed by atoms with E-state index in [0.717, 1.165) is 6.42 Å². The molecule has 0 amide bonds. The van der Waals surface area contributed by atoms with E-state index in [1.54, 1.807) is 0 Å². The standard InChI is InChI=1S/C7H14O.C2H6/c1-6-4-2-3-5-7(6)8;1-2/h6-8H,2-5H2,1H3;1-2H3/t6?,7-;/m1./s1. The van der Waals surface area contributed by atoms with Gasteiger partial charge >= 0.3 is 0 Å². The van der Waals surface area contributed by atoms with Crippen LogP contribution in [0.15, 0.2) is 0 Å². The minimum Gasteiger partial charge on any atom is -0.393 e.